The Labute approximate surface area is 157 Å². The number of rotatable bonds is 3. The van der Waals surface area contributed by atoms with Gasteiger partial charge in [-0.1, -0.05) is 41.9 Å². The van der Waals surface area contributed by atoms with Crippen LogP contribution in [0.5, 0.6) is 0 Å². The maximum absolute atomic E-state index is 13.1. The van der Waals surface area contributed by atoms with Crippen molar-refractivity contribution in [1.29, 1.82) is 0 Å². The van der Waals surface area contributed by atoms with Crippen LogP contribution >= 0.6 is 11.6 Å². The molecule has 0 saturated heterocycles. The molecule has 2 aromatic rings. The summed E-state index contributed by atoms with van der Waals surface area (Å²) in [5.41, 5.74) is 3.88. The number of para-hydroxylation sites is 1. The first-order chi connectivity index (χ1) is 12.6. The van der Waals surface area contributed by atoms with Crippen LogP contribution in [0.2, 0.25) is 5.02 Å². The van der Waals surface area contributed by atoms with Crippen molar-refractivity contribution in [2.24, 2.45) is 0 Å². The number of carbonyl (C=O) groups is 2. The lowest BCUT2D eigenvalue weighted by molar-refractivity contribution is -0.136. The minimum atomic E-state index is -0.238. The van der Waals surface area contributed by atoms with Crippen LogP contribution in [0.3, 0.4) is 0 Å². The summed E-state index contributed by atoms with van der Waals surface area (Å²) in [5, 5.41) is 0.600. The molecule has 0 spiro atoms. The summed E-state index contributed by atoms with van der Waals surface area (Å²) in [7, 11) is 0. The number of aryl methyl sites for hydroxylation is 1. The molecule has 5 heteroatoms. The molecule has 0 aromatic heterocycles. The van der Waals surface area contributed by atoms with Crippen molar-refractivity contribution in [3.63, 3.8) is 0 Å². The van der Waals surface area contributed by atoms with Crippen LogP contribution in [0.15, 0.2) is 54.2 Å². The first-order valence-corrected chi connectivity index (χ1v) is 9.21. The number of imide groups is 1. The standard InChI is InChI=1S/C21H19ClN2O2/c1-2-23-20(25)18(15-9-11-16(22)12-10-15)19(21(23)26)24-13-5-7-14-6-3-4-8-17(14)24/h3-4,6,8-12H,2,5,7,13H2,1H3. The summed E-state index contributed by atoms with van der Waals surface area (Å²) in [6.45, 7) is 2.90. The molecule has 4 rings (SSSR count). The van der Waals surface area contributed by atoms with E-state index in [-0.39, 0.29) is 11.8 Å². The van der Waals surface area contributed by atoms with Crippen LogP contribution in [0.4, 0.5) is 5.69 Å². The monoisotopic (exact) mass is 366 g/mol. The Morgan fingerprint density at radius 1 is 1.00 bits per heavy atom. The lowest BCUT2D eigenvalue weighted by Gasteiger charge is -2.32. The van der Waals surface area contributed by atoms with Gasteiger partial charge < -0.3 is 4.90 Å². The average Bonchev–Trinajstić information content (AvgIpc) is 2.91. The number of anilines is 1. The molecule has 0 aliphatic carbocycles. The molecule has 2 aromatic carbocycles. The first-order valence-electron chi connectivity index (χ1n) is 8.83. The second-order valence-electron chi connectivity index (χ2n) is 6.47. The number of hydrogen-bond acceptors (Lipinski definition) is 3. The zero-order valence-electron chi connectivity index (χ0n) is 14.5. The number of benzene rings is 2. The molecule has 0 saturated carbocycles. The second-order valence-corrected chi connectivity index (χ2v) is 6.91. The maximum Gasteiger partial charge on any atom is 0.278 e. The molecule has 0 unspecified atom stereocenters. The van der Waals surface area contributed by atoms with Crippen LogP contribution in [-0.2, 0) is 16.0 Å². The van der Waals surface area contributed by atoms with Crippen LogP contribution in [-0.4, -0.2) is 29.8 Å². The zero-order chi connectivity index (χ0) is 18.3. The average molecular weight is 367 g/mol. The highest BCUT2D eigenvalue weighted by Crippen LogP contribution is 2.37. The number of carbonyl (C=O) groups excluding carboxylic acids is 2. The van der Waals surface area contributed by atoms with Gasteiger partial charge in [-0.15, -0.1) is 0 Å². The van der Waals surface area contributed by atoms with Gasteiger partial charge in [0.2, 0.25) is 0 Å². The van der Waals surface area contributed by atoms with Gasteiger partial charge in [-0.25, -0.2) is 0 Å². The van der Waals surface area contributed by atoms with Gasteiger partial charge in [0.05, 0.1) is 5.57 Å². The Bertz CT molecular complexity index is 918. The Balaban J connectivity index is 1.91. The third-order valence-electron chi connectivity index (χ3n) is 4.97. The highest BCUT2D eigenvalue weighted by atomic mass is 35.5. The topological polar surface area (TPSA) is 40.6 Å². The number of fused-ring (bicyclic) bond motifs is 1. The summed E-state index contributed by atoms with van der Waals surface area (Å²) < 4.78 is 0. The van der Waals surface area contributed by atoms with E-state index in [9.17, 15) is 9.59 Å². The van der Waals surface area contributed by atoms with Crippen molar-refractivity contribution in [1.82, 2.24) is 4.90 Å². The third-order valence-corrected chi connectivity index (χ3v) is 5.22. The van der Waals surface area contributed by atoms with E-state index in [0.29, 0.717) is 22.8 Å². The highest BCUT2D eigenvalue weighted by molar-refractivity contribution is 6.37. The molecular weight excluding hydrogens is 348 g/mol. The number of nitrogens with zero attached hydrogens (tertiary/aromatic N) is 2. The van der Waals surface area contributed by atoms with Crippen molar-refractivity contribution in [3.8, 4) is 0 Å². The molecule has 0 N–H and O–H groups in total. The molecule has 26 heavy (non-hydrogen) atoms. The van der Waals surface area contributed by atoms with Crippen LogP contribution < -0.4 is 4.90 Å². The van der Waals surface area contributed by atoms with Crippen molar-refractivity contribution >= 4 is 34.7 Å². The van der Waals surface area contributed by atoms with Gasteiger partial charge >= 0.3 is 0 Å². The third kappa shape index (κ3) is 2.61. The van der Waals surface area contributed by atoms with E-state index in [0.717, 1.165) is 30.6 Å². The molecule has 2 aliphatic rings. The fourth-order valence-corrected chi connectivity index (χ4v) is 3.87. The molecule has 4 nitrogen and oxygen atoms in total. The lowest BCUT2D eigenvalue weighted by Crippen LogP contribution is -2.37. The van der Waals surface area contributed by atoms with E-state index in [2.05, 4.69) is 6.07 Å². The molecule has 2 heterocycles. The molecule has 132 valence electrons. The predicted octanol–water partition coefficient (Wildman–Crippen LogP) is 3.89. The van der Waals surface area contributed by atoms with Gasteiger partial charge in [0.1, 0.15) is 5.70 Å². The Morgan fingerprint density at radius 2 is 1.73 bits per heavy atom. The largest absolute Gasteiger partial charge is 0.336 e. The number of hydrogen-bond donors (Lipinski definition) is 0. The van der Waals surface area contributed by atoms with Crippen LogP contribution in [0, 0.1) is 0 Å². The van der Waals surface area contributed by atoms with Crippen LogP contribution in [0.1, 0.15) is 24.5 Å². The minimum Gasteiger partial charge on any atom is -0.336 e. The van der Waals surface area contributed by atoms with E-state index < -0.39 is 0 Å². The van der Waals surface area contributed by atoms with Crippen molar-refractivity contribution in [2.45, 2.75) is 19.8 Å². The zero-order valence-corrected chi connectivity index (χ0v) is 15.3. The maximum atomic E-state index is 13.1. The van der Waals surface area contributed by atoms with E-state index in [4.69, 9.17) is 11.6 Å². The Morgan fingerprint density at radius 3 is 2.46 bits per heavy atom. The second kappa shape index (κ2) is 6.61. The van der Waals surface area contributed by atoms with Crippen LogP contribution in [0.25, 0.3) is 5.57 Å². The highest BCUT2D eigenvalue weighted by Gasteiger charge is 2.41. The predicted molar refractivity (Wildman–Crippen MR) is 103 cm³/mol. The fourth-order valence-electron chi connectivity index (χ4n) is 3.74. The minimum absolute atomic E-state index is 0.223. The van der Waals surface area contributed by atoms with Gasteiger partial charge in [-0.3, -0.25) is 14.5 Å². The first kappa shape index (κ1) is 16.9. The van der Waals surface area contributed by atoms with Gasteiger partial charge in [-0.2, -0.15) is 0 Å². The van der Waals surface area contributed by atoms with Gasteiger partial charge in [0.25, 0.3) is 11.8 Å². The molecule has 0 fully saturated rings. The lowest BCUT2D eigenvalue weighted by atomic mass is 9.98. The van der Waals surface area contributed by atoms with Crippen molar-refractivity contribution in [3.05, 3.63) is 70.4 Å². The molecular formula is C21H19ClN2O2. The van der Waals surface area contributed by atoms with Gasteiger partial charge in [-0.05, 0) is 49.1 Å². The Hall–Kier alpha value is -2.59. The van der Waals surface area contributed by atoms with Crippen molar-refractivity contribution in [2.75, 3.05) is 18.0 Å². The van der Waals surface area contributed by atoms with Crippen molar-refractivity contribution < 1.29 is 9.59 Å². The molecule has 2 aliphatic heterocycles. The SMILES string of the molecule is CCN1C(=O)C(c2ccc(Cl)cc2)=C(N2CCCc3ccccc32)C1=O. The molecule has 0 radical (unpaired) electrons. The summed E-state index contributed by atoms with van der Waals surface area (Å²) >= 11 is 6.00. The number of amides is 2. The smallest absolute Gasteiger partial charge is 0.278 e. The van der Waals surface area contributed by atoms with Gasteiger partial charge in [0.15, 0.2) is 0 Å². The molecule has 2 amide bonds. The van der Waals surface area contributed by atoms with E-state index >= 15 is 0 Å². The normalized spacial score (nSPS) is 17.2. The molecule has 0 bridgehead atoms. The summed E-state index contributed by atoms with van der Waals surface area (Å²) in [5.74, 6) is -0.461. The molecule has 0 atom stereocenters. The number of halogens is 1. The van der Waals surface area contributed by atoms with E-state index in [1.807, 2.05) is 30.0 Å². The summed E-state index contributed by atoms with van der Waals surface area (Å²) in [6, 6.07) is 15.2. The van der Waals surface area contributed by atoms with E-state index in [1.165, 1.54) is 10.5 Å². The summed E-state index contributed by atoms with van der Waals surface area (Å²) in [4.78, 5) is 29.4. The fraction of sp³-hybridized carbons (Fsp3) is 0.238. The summed E-state index contributed by atoms with van der Waals surface area (Å²) in [6.07, 6.45) is 1.93. The number of likely N-dealkylation sites (N-methyl/N-ethyl adjacent to an activating group) is 1. The Kier molecular flexibility index (Phi) is 4.29. The van der Waals surface area contributed by atoms with Gasteiger partial charge in [0, 0.05) is 23.8 Å². The quantitative estimate of drug-likeness (QED) is 0.774. The van der Waals surface area contributed by atoms with E-state index in [1.54, 1.807) is 24.3 Å².